The van der Waals surface area contributed by atoms with Crippen LogP contribution in [-0.4, -0.2) is 37.0 Å². The van der Waals surface area contributed by atoms with E-state index in [4.69, 9.17) is 9.47 Å². The third-order valence-corrected chi connectivity index (χ3v) is 4.30. The second-order valence-electron chi connectivity index (χ2n) is 7.15. The van der Waals surface area contributed by atoms with Gasteiger partial charge in [-0.05, 0) is 48.7 Å². The molecule has 30 heavy (non-hydrogen) atoms. The Balaban J connectivity index is 1.74. The van der Waals surface area contributed by atoms with Gasteiger partial charge in [0.05, 0.1) is 0 Å². The molecular formula is C23H28N2O5. The second kappa shape index (κ2) is 11.0. The molecule has 2 aromatic rings. The molecule has 2 aromatic carbocycles. The average molecular weight is 412 g/mol. The van der Waals surface area contributed by atoms with E-state index >= 15 is 0 Å². The Morgan fingerprint density at radius 2 is 1.57 bits per heavy atom. The van der Waals surface area contributed by atoms with E-state index in [0.29, 0.717) is 23.0 Å². The molecule has 2 rings (SSSR count). The van der Waals surface area contributed by atoms with Crippen LogP contribution in [0.3, 0.4) is 0 Å². The van der Waals surface area contributed by atoms with E-state index < -0.39 is 12.1 Å². The summed E-state index contributed by atoms with van der Waals surface area (Å²) in [6, 6.07) is 14.0. The molecule has 0 aliphatic rings. The molecule has 0 bridgehead atoms. The highest BCUT2D eigenvalue weighted by atomic mass is 16.5. The zero-order valence-electron chi connectivity index (χ0n) is 17.7. The van der Waals surface area contributed by atoms with Gasteiger partial charge in [0.25, 0.3) is 11.8 Å². The molecule has 160 valence electrons. The molecule has 0 saturated carbocycles. The lowest BCUT2D eigenvalue weighted by Gasteiger charge is -2.15. The minimum absolute atomic E-state index is 0.248. The molecule has 2 amide bonds. The maximum absolute atomic E-state index is 12.2. The molecule has 1 unspecified atom stereocenters. The number of amides is 2. The monoisotopic (exact) mass is 412 g/mol. The lowest BCUT2D eigenvalue weighted by molar-refractivity contribution is -0.132. The number of hydrogen-bond donors (Lipinski definition) is 2. The van der Waals surface area contributed by atoms with Crippen LogP contribution in [0.1, 0.15) is 49.5 Å². The summed E-state index contributed by atoms with van der Waals surface area (Å²) in [6.07, 6.45) is -0.661. The summed E-state index contributed by atoms with van der Waals surface area (Å²) in [5.41, 5.74) is 1.57. The molecule has 7 nitrogen and oxygen atoms in total. The van der Waals surface area contributed by atoms with Gasteiger partial charge in [-0.3, -0.25) is 14.4 Å². The lowest BCUT2D eigenvalue weighted by atomic mass is 10.0. The predicted molar refractivity (Wildman–Crippen MR) is 114 cm³/mol. The van der Waals surface area contributed by atoms with Gasteiger partial charge < -0.3 is 20.1 Å². The standard InChI is InChI=1S/C23H28N2O5/c1-15(2)18-8-10-20(11-9-18)29-16(3)22(27)24-12-13-25-23(28)19-6-5-7-21(14-19)30-17(4)26/h5-11,14-16H,12-13H2,1-4H3,(H,24,27)(H,25,28). The predicted octanol–water partition coefficient (Wildman–Crippen LogP) is 3.05. The van der Waals surface area contributed by atoms with E-state index in [1.807, 2.05) is 24.3 Å². The Labute approximate surface area is 176 Å². The summed E-state index contributed by atoms with van der Waals surface area (Å²) in [5, 5.41) is 5.43. The van der Waals surface area contributed by atoms with Crippen LogP contribution in [0.15, 0.2) is 48.5 Å². The van der Waals surface area contributed by atoms with E-state index in [1.165, 1.54) is 18.6 Å². The molecule has 0 radical (unpaired) electrons. The highest BCUT2D eigenvalue weighted by Gasteiger charge is 2.14. The zero-order chi connectivity index (χ0) is 22.1. The average Bonchev–Trinajstić information content (AvgIpc) is 2.70. The van der Waals surface area contributed by atoms with Gasteiger partial charge in [0.15, 0.2) is 6.10 Å². The number of hydrogen-bond acceptors (Lipinski definition) is 5. The number of carbonyl (C=O) groups excluding carboxylic acids is 3. The first kappa shape index (κ1) is 22.9. The minimum atomic E-state index is -0.661. The molecule has 0 saturated heterocycles. The topological polar surface area (TPSA) is 93.7 Å². The maximum Gasteiger partial charge on any atom is 0.308 e. The van der Waals surface area contributed by atoms with Crippen molar-refractivity contribution in [2.24, 2.45) is 0 Å². The van der Waals surface area contributed by atoms with Crippen LogP contribution in [0.2, 0.25) is 0 Å². The van der Waals surface area contributed by atoms with E-state index in [1.54, 1.807) is 25.1 Å². The summed E-state index contributed by atoms with van der Waals surface area (Å²) in [6.45, 7) is 7.70. The third kappa shape index (κ3) is 7.24. The van der Waals surface area contributed by atoms with Crippen molar-refractivity contribution in [3.63, 3.8) is 0 Å². The van der Waals surface area contributed by atoms with Crippen molar-refractivity contribution in [2.45, 2.75) is 39.7 Å². The quantitative estimate of drug-likeness (QED) is 0.375. The van der Waals surface area contributed by atoms with Crippen LogP contribution in [0.4, 0.5) is 0 Å². The zero-order valence-corrected chi connectivity index (χ0v) is 17.7. The van der Waals surface area contributed by atoms with Crippen molar-refractivity contribution in [1.29, 1.82) is 0 Å². The van der Waals surface area contributed by atoms with Crippen LogP contribution in [-0.2, 0) is 9.59 Å². The van der Waals surface area contributed by atoms with Gasteiger partial charge in [-0.25, -0.2) is 0 Å². The number of esters is 1. The normalized spacial score (nSPS) is 11.5. The summed E-state index contributed by atoms with van der Waals surface area (Å²) in [7, 11) is 0. The van der Waals surface area contributed by atoms with Crippen molar-refractivity contribution in [2.75, 3.05) is 13.1 Å². The minimum Gasteiger partial charge on any atom is -0.481 e. The molecule has 0 spiro atoms. The third-order valence-electron chi connectivity index (χ3n) is 4.30. The lowest BCUT2D eigenvalue weighted by Crippen LogP contribution is -2.40. The second-order valence-corrected chi connectivity index (χ2v) is 7.15. The highest BCUT2D eigenvalue weighted by Crippen LogP contribution is 2.19. The molecule has 0 aromatic heterocycles. The van der Waals surface area contributed by atoms with Crippen LogP contribution in [0.25, 0.3) is 0 Å². The van der Waals surface area contributed by atoms with Crippen LogP contribution < -0.4 is 20.1 Å². The maximum atomic E-state index is 12.2. The van der Waals surface area contributed by atoms with Gasteiger partial charge in [0, 0.05) is 25.6 Å². The summed E-state index contributed by atoms with van der Waals surface area (Å²) in [5.74, 6) is 0.308. The Morgan fingerprint density at radius 3 is 2.20 bits per heavy atom. The van der Waals surface area contributed by atoms with Crippen molar-refractivity contribution < 1.29 is 23.9 Å². The van der Waals surface area contributed by atoms with E-state index in [9.17, 15) is 14.4 Å². The molecule has 1 atom stereocenters. The van der Waals surface area contributed by atoms with E-state index in [2.05, 4.69) is 24.5 Å². The Kier molecular flexibility index (Phi) is 8.41. The van der Waals surface area contributed by atoms with Gasteiger partial charge in [-0.2, -0.15) is 0 Å². The fourth-order valence-electron chi connectivity index (χ4n) is 2.66. The van der Waals surface area contributed by atoms with Gasteiger partial charge >= 0.3 is 5.97 Å². The highest BCUT2D eigenvalue weighted by molar-refractivity contribution is 5.94. The molecule has 0 aliphatic heterocycles. The first-order valence-corrected chi connectivity index (χ1v) is 9.87. The van der Waals surface area contributed by atoms with Crippen molar-refractivity contribution in [1.82, 2.24) is 10.6 Å². The Bertz CT molecular complexity index is 877. The smallest absolute Gasteiger partial charge is 0.308 e. The molecule has 2 N–H and O–H groups in total. The first-order chi connectivity index (χ1) is 14.3. The van der Waals surface area contributed by atoms with Crippen molar-refractivity contribution in [3.05, 3.63) is 59.7 Å². The SMILES string of the molecule is CC(=O)Oc1cccc(C(=O)NCCNC(=O)C(C)Oc2ccc(C(C)C)cc2)c1. The van der Waals surface area contributed by atoms with E-state index in [-0.39, 0.29) is 24.9 Å². The van der Waals surface area contributed by atoms with Crippen LogP contribution in [0, 0.1) is 0 Å². The van der Waals surface area contributed by atoms with Gasteiger partial charge in [-0.1, -0.05) is 32.0 Å². The van der Waals surface area contributed by atoms with Gasteiger partial charge in [0.1, 0.15) is 11.5 Å². The number of benzene rings is 2. The first-order valence-electron chi connectivity index (χ1n) is 9.87. The summed E-state index contributed by atoms with van der Waals surface area (Å²) in [4.78, 5) is 35.4. The fraction of sp³-hybridized carbons (Fsp3) is 0.348. The Hall–Kier alpha value is -3.35. The molecular weight excluding hydrogens is 384 g/mol. The van der Waals surface area contributed by atoms with Crippen LogP contribution >= 0.6 is 0 Å². The molecule has 0 heterocycles. The molecule has 0 fully saturated rings. The number of ether oxygens (including phenoxy) is 2. The van der Waals surface area contributed by atoms with Crippen LogP contribution in [0.5, 0.6) is 11.5 Å². The van der Waals surface area contributed by atoms with Gasteiger partial charge in [-0.15, -0.1) is 0 Å². The Morgan fingerprint density at radius 1 is 0.900 bits per heavy atom. The molecule has 7 heteroatoms. The molecule has 0 aliphatic carbocycles. The largest absolute Gasteiger partial charge is 0.481 e. The van der Waals surface area contributed by atoms with E-state index in [0.717, 1.165) is 0 Å². The summed E-state index contributed by atoms with van der Waals surface area (Å²) < 4.78 is 10.6. The van der Waals surface area contributed by atoms with Crippen molar-refractivity contribution in [3.8, 4) is 11.5 Å². The van der Waals surface area contributed by atoms with Gasteiger partial charge in [0.2, 0.25) is 0 Å². The summed E-state index contributed by atoms with van der Waals surface area (Å²) >= 11 is 0. The fourth-order valence-corrected chi connectivity index (χ4v) is 2.66. The number of nitrogens with one attached hydrogen (secondary N) is 2. The number of carbonyl (C=O) groups is 3. The van der Waals surface area contributed by atoms with Crippen molar-refractivity contribution >= 4 is 17.8 Å². The number of rotatable bonds is 9.